The lowest BCUT2D eigenvalue weighted by atomic mass is 10.2. The standard InChI is InChI=1S/C19H20N2O4S/c1-24-16-7-2-14(3-8-16)4-11-18(22)20-12-13-25-17-9-5-15(6-10-17)19(26)21-23/h2-11,23H,12-13H2,1H3,(H,20,22)(H,21,26). The number of nitrogens with one attached hydrogen (secondary N) is 2. The molecule has 0 heterocycles. The molecule has 0 spiro atoms. The highest BCUT2D eigenvalue weighted by molar-refractivity contribution is 7.80. The normalized spacial score (nSPS) is 10.4. The van der Waals surface area contributed by atoms with E-state index in [1.165, 1.54) is 6.08 Å². The van der Waals surface area contributed by atoms with Crippen LogP contribution in [0.15, 0.2) is 54.6 Å². The summed E-state index contributed by atoms with van der Waals surface area (Å²) in [5, 5.41) is 11.5. The highest BCUT2D eigenvalue weighted by Gasteiger charge is 2.01. The third kappa shape index (κ3) is 6.19. The molecule has 2 aromatic rings. The molecule has 0 aliphatic carbocycles. The van der Waals surface area contributed by atoms with Gasteiger partial charge in [-0.15, -0.1) is 0 Å². The SMILES string of the molecule is COc1ccc(C=CC(=O)NCCOc2ccc(C(=S)NO)cc2)cc1. The third-order valence-corrected chi connectivity index (χ3v) is 3.76. The van der Waals surface area contributed by atoms with Crippen molar-refractivity contribution in [2.45, 2.75) is 0 Å². The number of amides is 1. The van der Waals surface area contributed by atoms with Gasteiger partial charge in [-0.3, -0.25) is 15.5 Å². The minimum absolute atomic E-state index is 0.195. The first-order chi connectivity index (χ1) is 12.6. The molecule has 0 saturated heterocycles. The van der Waals surface area contributed by atoms with E-state index < -0.39 is 0 Å². The molecule has 0 fully saturated rings. The van der Waals surface area contributed by atoms with Gasteiger partial charge in [-0.2, -0.15) is 0 Å². The molecule has 0 bridgehead atoms. The fourth-order valence-electron chi connectivity index (χ4n) is 2.06. The molecule has 2 rings (SSSR count). The van der Waals surface area contributed by atoms with Crippen molar-refractivity contribution < 1.29 is 19.5 Å². The molecule has 0 saturated carbocycles. The van der Waals surface area contributed by atoms with Crippen molar-refractivity contribution >= 4 is 29.2 Å². The molecule has 0 aromatic heterocycles. The number of methoxy groups -OCH3 is 1. The topological polar surface area (TPSA) is 79.8 Å². The Kier molecular flexibility index (Phi) is 7.60. The lowest BCUT2D eigenvalue weighted by Crippen LogP contribution is -2.26. The van der Waals surface area contributed by atoms with E-state index in [0.717, 1.165) is 11.3 Å². The van der Waals surface area contributed by atoms with E-state index in [1.54, 1.807) is 37.5 Å². The van der Waals surface area contributed by atoms with Crippen LogP contribution in [0, 0.1) is 0 Å². The van der Waals surface area contributed by atoms with Gasteiger partial charge < -0.3 is 14.8 Å². The maximum Gasteiger partial charge on any atom is 0.244 e. The molecule has 2 aromatic carbocycles. The summed E-state index contributed by atoms with van der Waals surface area (Å²) in [6.45, 7) is 0.717. The second-order valence-corrected chi connectivity index (χ2v) is 5.62. The van der Waals surface area contributed by atoms with E-state index in [1.807, 2.05) is 29.7 Å². The van der Waals surface area contributed by atoms with Gasteiger partial charge >= 0.3 is 0 Å². The van der Waals surface area contributed by atoms with Crippen LogP contribution in [-0.4, -0.2) is 36.4 Å². The van der Waals surface area contributed by atoms with Crippen LogP contribution in [0.1, 0.15) is 11.1 Å². The molecule has 0 radical (unpaired) electrons. The van der Waals surface area contributed by atoms with Crippen molar-refractivity contribution in [2.75, 3.05) is 20.3 Å². The Morgan fingerprint density at radius 1 is 1.12 bits per heavy atom. The molecule has 0 unspecified atom stereocenters. The van der Waals surface area contributed by atoms with Crippen LogP contribution in [-0.2, 0) is 4.79 Å². The molecule has 136 valence electrons. The number of rotatable bonds is 8. The Bertz CT molecular complexity index is 758. The van der Waals surface area contributed by atoms with Crippen molar-refractivity contribution in [3.05, 3.63) is 65.7 Å². The van der Waals surface area contributed by atoms with Crippen molar-refractivity contribution in [1.29, 1.82) is 0 Å². The van der Waals surface area contributed by atoms with Crippen molar-refractivity contribution in [2.24, 2.45) is 0 Å². The number of hydrogen-bond acceptors (Lipinski definition) is 5. The van der Waals surface area contributed by atoms with Gasteiger partial charge in [0.1, 0.15) is 23.1 Å². The number of thiocarbonyl (C=S) groups is 1. The van der Waals surface area contributed by atoms with Gasteiger partial charge in [0.15, 0.2) is 0 Å². The highest BCUT2D eigenvalue weighted by atomic mass is 32.1. The monoisotopic (exact) mass is 372 g/mol. The van der Waals surface area contributed by atoms with Crippen LogP contribution in [0.4, 0.5) is 0 Å². The van der Waals surface area contributed by atoms with Gasteiger partial charge in [-0.1, -0.05) is 24.4 Å². The van der Waals surface area contributed by atoms with E-state index in [4.69, 9.17) is 26.9 Å². The van der Waals surface area contributed by atoms with Crippen LogP contribution in [0.25, 0.3) is 6.08 Å². The molecule has 0 aliphatic rings. The summed E-state index contributed by atoms with van der Waals surface area (Å²) in [5.41, 5.74) is 3.52. The number of hydroxylamine groups is 1. The predicted octanol–water partition coefficient (Wildman–Crippen LogP) is 2.56. The quantitative estimate of drug-likeness (QED) is 0.286. The lowest BCUT2D eigenvalue weighted by Gasteiger charge is -2.08. The van der Waals surface area contributed by atoms with E-state index in [0.29, 0.717) is 24.5 Å². The second-order valence-electron chi connectivity index (χ2n) is 5.21. The van der Waals surface area contributed by atoms with Crippen molar-refractivity contribution in [3.63, 3.8) is 0 Å². The first-order valence-corrected chi connectivity index (χ1v) is 8.30. The molecular formula is C19H20N2O4S. The molecule has 3 N–H and O–H groups in total. The third-order valence-electron chi connectivity index (χ3n) is 3.43. The van der Waals surface area contributed by atoms with Crippen LogP contribution < -0.4 is 20.3 Å². The Morgan fingerprint density at radius 3 is 2.38 bits per heavy atom. The molecule has 6 nitrogen and oxygen atoms in total. The van der Waals surface area contributed by atoms with Crippen LogP contribution in [0.5, 0.6) is 11.5 Å². The maximum absolute atomic E-state index is 11.8. The zero-order valence-electron chi connectivity index (χ0n) is 14.3. The Morgan fingerprint density at radius 2 is 1.77 bits per heavy atom. The summed E-state index contributed by atoms with van der Waals surface area (Å²) in [4.78, 5) is 12.0. The van der Waals surface area contributed by atoms with Gasteiger partial charge in [-0.05, 0) is 48.0 Å². The predicted molar refractivity (Wildman–Crippen MR) is 104 cm³/mol. The zero-order valence-corrected chi connectivity index (χ0v) is 15.1. The Balaban J connectivity index is 1.70. The number of carbonyl (C=O) groups is 1. The minimum Gasteiger partial charge on any atom is -0.497 e. The largest absolute Gasteiger partial charge is 0.497 e. The highest BCUT2D eigenvalue weighted by Crippen LogP contribution is 2.13. The van der Waals surface area contributed by atoms with Crippen LogP contribution >= 0.6 is 12.2 Å². The zero-order chi connectivity index (χ0) is 18.8. The molecule has 0 atom stereocenters. The van der Waals surface area contributed by atoms with Gasteiger partial charge in [-0.25, -0.2) is 0 Å². The molecular weight excluding hydrogens is 352 g/mol. The second kappa shape index (κ2) is 10.2. The van der Waals surface area contributed by atoms with Crippen LogP contribution in [0.2, 0.25) is 0 Å². The first-order valence-electron chi connectivity index (χ1n) is 7.89. The van der Waals surface area contributed by atoms with Crippen LogP contribution in [0.3, 0.4) is 0 Å². The van der Waals surface area contributed by atoms with E-state index in [9.17, 15) is 4.79 Å². The average molecular weight is 372 g/mol. The van der Waals surface area contributed by atoms with Gasteiger partial charge in [0.2, 0.25) is 5.91 Å². The van der Waals surface area contributed by atoms with E-state index >= 15 is 0 Å². The van der Waals surface area contributed by atoms with Crippen molar-refractivity contribution in [3.8, 4) is 11.5 Å². The fourth-order valence-corrected chi connectivity index (χ4v) is 2.19. The maximum atomic E-state index is 11.8. The fraction of sp³-hybridized carbons (Fsp3) is 0.158. The van der Waals surface area contributed by atoms with Gasteiger partial charge in [0, 0.05) is 11.6 Å². The van der Waals surface area contributed by atoms with E-state index in [2.05, 4.69) is 5.32 Å². The Labute approximate surface area is 157 Å². The molecule has 7 heteroatoms. The summed E-state index contributed by atoms with van der Waals surface area (Å²) >= 11 is 4.91. The summed E-state index contributed by atoms with van der Waals surface area (Å²) in [6, 6.07) is 14.4. The summed E-state index contributed by atoms with van der Waals surface area (Å²) in [6.07, 6.45) is 3.20. The first kappa shape index (κ1) is 19.4. The smallest absolute Gasteiger partial charge is 0.244 e. The molecule has 1 amide bonds. The summed E-state index contributed by atoms with van der Waals surface area (Å²) < 4.78 is 10.6. The Hall–Kier alpha value is -2.90. The van der Waals surface area contributed by atoms with E-state index in [-0.39, 0.29) is 10.9 Å². The summed E-state index contributed by atoms with van der Waals surface area (Å²) in [7, 11) is 1.61. The minimum atomic E-state index is -0.195. The number of hydrogen-bond donors (Lipinski definition) is 3. The van der Waals surface area contributed by atoms with Crippen molar-refractivity contribution in [1.82, 2.24) is 10.8 Å². The summed E-state index contributed by atoms with van der Waals surface area (Å²) in [5.74, 6) is 1.22. The molecule has 26 heavy (non-hydrogen) atoms. The lowest BCUT2D eigenvalue weighted by molar-refractivity contribution is -0.116. The molecule has 0 aliphatic heterocycles. The van der Waals surface area contributed by atoms with Gasteiger partial charge in [0.25, 0.3) is 0 Å². The number of benzene rings is 2. The van der Waals surface area contributed by atoms with Gasteiger partial charge in [0.05, 0.1) is 13.7 Å². The average Bonchev–Trinajstić information content (AvgIpc) is 2.70. The number of carbonyl (C=O) groups excluding carboxylic acids is 1. The number of ether oxygens (including phenoxy) is 2.